The zero-order chi connectivity index (χ0) is 17.3. The quantitative estimate of drug-likeness (QED) is 0.888. The Bertz CT molecular complexity index is 707. The van der Waals surface area contributed by atoms with Gasteiger partial charge in [-0.2, -0.15) is 0 Å². The van der Waals surface area contributed by atoms with Gasteiger partial charge in [-0.25, -0.2) is 8.78 Å². The number of carbonyl (C=O) groups is 1. The molecule has 4 saturated heterocycles. The summed E-state index contributed by atoms with van der Waals surface area (Å²) in [6, 6.07) is 4.05. The third kappa shape index (κ3) is 2.34. The van der Waals surface area contributed by atoms with Crippen molar-refractivity contribution in [3.63, 3.8) is 0 Å². The van der Waals surface area contributed by atoms with Crippen LogP contribution < -0.4 is 5.73 Å². The fourth-order valence-electron chi connectivity index (χ4n) is 5.37. The molecule has 0 aromatic heterocycles. The molecule has 0 radical (unpaired) electrons. The first-order valence-corrected chi connectivity index (χ1v) is 9.26. The van der Waals surface area contributed by atoms with Gasteiger partial charge < -0.3 is 10.6 Å². The van der Waals surface area contributed by atoms with Gasteiger partial charge in [0.05, 0.1) is 11.6 Å². The number of piperidine rings is 3. The predicted octanol–water partition coefficient (Wildman–Crippen LogP) is 1.84. The van der Waals surface area contributed by atoms with Crippen molar-refractivity contribution in [1.29, 1.82) is 0 Å². The second-order valence-electron chi connectivity index (χ2n) is 8.28. The molecule has 25 heavy (non-hydrogen) atoms. The first kappa shape index (κ1) is 15.7. The summed E-state index contributed by atoms with van der Waals surface area (Å²) in [7, 11) is 0. The molecule has 4 aliphatic heterocycles. The van der Waals surface area contributed by atoms with Crippen molar-refractivity contribution < 1.29 is 13.6 Å². The van der Waals surface area contributed by atoms with Crippen LogP contribution in [0, 0.1) is 17.6 Å². The van der Waals surface area contributed by atoms with Gasteiger partial charge in [0, 0.05) is 24.6 Å². The Morgan fingerprint density at radius 2 is 1.72 bits per heavy atom. The molecule has 2 N–H and O–H groups in total. The van der Waals surface area contributed by atoms with Crippen molar-refractivity contribution in [1.82, 2.24) is 9.80 Å². The summed E-state index contributed by atoms with van der Waals surface area (Å²) in [6.45, 7) is 2.54. The Balaban J connectivity index is 1.54. The number of hydrogen-bond acceptors (Lipinski definition) is 3. The first-order valence-electron chi connectivity index (χ1n) is 9.26. The largest absolute Gasteiger partial charge is 0.336 e. The molecule has 6 heteroatoms. The maximum absolute atomic E-state index is 13.8. The maximum Gasteiger partial charge on any atom is 0.242 e. The number of hydrogen-bond donors (Lipinski definition) is 1. The van der Waals surface area contributed by atoms with Crippen molar-refractivity contribution in [2.75, 3.05) is 19.6 Å². The van der Waals surface area contributed by atoms with E-state index in [4.69, 9.17) is 5.73 Å². The topological polar surface area (TPSA) is 49.6 Å². The summed E-state index contributed by atoms with van der Waals surface area (Å²) in [5, 5.41) is 0. The predicted molar refractivity (Wildman–Crippen MR) is 88.8 cm³/mol. The normalized spacial score (nSPS) is 37.9. The highest BCUT2D eigenvalue weighted by Gasteiger charge is 2.58. The summed E-state index contributed by atoms with van der Waals surface area (Å²) in [6.07, 6.45) is 3.67. The minimum Gasteiger partial charge on any atom is -0.336 e. The van der Waals surface area contributed by atoms with Crippen LogP contribution in [0.1, 0.15) is 37.2 Å². The van der Waals surface area contributed by atoms with Gasteiger partial charge in [-0.05, 0) is 62.4 Å². The Morgan fingerprint density at radius 3 is 2.32 bits per heavy atom. The zero-order valence-corrected chi connectivity index (χ0v) is 14.1. The van der Waals surface area contributed by atoms with Gasteiger partial charge in [0.15, 0.2) is 0 Å². The van der Waals surface area contributed by atoms with Gasteiger partial charge in [-0.1, -0.05) is 0 Å². The minimum absolute atomic E-state index is 0.0376. The fraction of sp³-hybridized carbons (Fsp3) is 0.632. The number of benzene rings is 1. The lowest BCUT2D eigenvalue weighted by Gasteiger charge is -2.51. The minimum atomic E-state index is -0.696. The molecule has 1 aliphatic carbocycles. The molecule has 1 saturated carbocycles. The standard InChI is InChI=1S/C19H23F2N3O/c20-13-7-12(8-14(21)9-13)15-10-24(18(25)19(22)3-4-19)16-11-1-5-23(6-2-11)17(15)16/h7-9,11,15-17H,1-6,10,22H2/t15-,16+,17+/m0/s1. The molecule has 4 heterocycles. The van der Waals surface area contributed by atoms with Crippen LogP contribution in [0.25, 0.3) is 0 Å². The number of nitrogens with zero attached hydrogens (tertiary/aromatic N) is 2. The van der Waals surface area contributed by atoms with Crippen LogP contribution in [0.3, 0.4) is 0 Å². The Hall–Kier alpha value is -1.53. The van der Waals surface area contributed by atoms with Gasteiger partial charge in [-0.3, -0.25) is 9.69 Å². The molecule has 0 spiro atoms. The second-order valence-corrected chi connectivity index (χ2v) is 8.28. The van der Waals surface area contributed by atoms with Gasteiger partial charge in [0.2, 0.25) is 5.91 Å². The number of nitrogens with two attached hydrogens (primary N) is 1. The fourth-order valence-corrected chi connectivity index (χ4v) is 5.37. The molecule has 3 atom stereocenters. The van der Waals surface area contributed by atoms with Crippen LogP contribution in [0.15, 0.2) is 18.2 Å². The molecule has 6 rings (SSSR count). The number of carbonyl (C=O) groups excluding carboxylic acids is 1. The van der Waals surface area contributed by atoms with Crippen LogP contribution in [0.4, 0.5) is 8.78 Å². The summed E-state index contributed by atoms with van der Waals surface area (Å²) < 4.78 is 27.6. The highest BCUT2D eigenvalue weighted by atomic mass is 19.1. The van der Waals surface area contributed by atoms with E-state index in [1.807, 2.05) is 4.90 Å². The molecule has 0 unspecified atom stereocenters. The summed E-state index contributed by atoms with van der Waals surface area (Å²) in [5.74, 6) is -0.639. The van der Waals surface area contributed by atoms with E-state index in [1.165, 1.54) is 12.1 Å². The Morgan fingerprint density at radius 1 is 1.08 bits per heavy atom. The lowest BCUT2D eigenvalue weighted by atomic mass is 9.75. The number of fused-ring (bicyclic) bond motifs is 2. The van der Waals surface area contributed by atoms with Crippen molar-refractivity contribution in [2.45, 2.75) is 49.2 Å². The number of amides is 1. The van der Waals surface area contributed by atoms with Gasteiger partial charge in [0.1, 0.15) is 11.6 Å². The van der Waals surface area contributed by atoms with Crippen molar-refractivity contribution in [2.24, 2.45) is 11.7 Å². The molecule has 5 aliphatic rings. The van der Waals surface area contributed by atoms with Crippen LogP contribution >= 0.6 is 0 Å². The lowest BCUT2D eigenvalue weighted by Crippen LogP contribution is -2.62. The van der Waals surface area contributed by atoms with Crippen LogP contribution in [0.2, 0.25) is 0 Å². The van der Waals surface area contributed by atoms with Crippen molar-refractivity contribution >= 4 is 5.91 Å². The van der Waals surface area contributed by atoms with E-state index in [9.17, 15) is 13.6 Å². The summed E-state index contributed by atoms with van der Waals surface area (Å²) in [5.41, 5.74) is 6.17. The molecular formula is C19H23F2N3O. The highest BCUT2D eigenvalue weighted by Crippen LogP contribution is 2.48. The highest BCUT2D eigenvalue weighted by molar-refractivity contribution is 5.89. The van der Waals surface area contributed by atoms with Crippen LogP contribution in [-0.4, -0.2) is 53.0 Å². The van der Waals surface area contributed by atoms with Gasteiger partial charge in [0.25, 0.3) is 0 Å². The smallest absolute Gasteiger partial charge is 0.242 e. The van der Waals surface area contributed by atoms with Crippen LogP contribution in [-0.2, 0) is 4.79 Å². The molecule has 1 amide bonds. The van der Waals surface area contributed by atoms with E-state index in [0.717, 1.165) is 44.8 Å². The number of rotatable bonds is 2. The molecule has 134 valence electrons. The average Bonchev–Trinajstić information content (AvgIpc) is 3.21. The lowest BCUT2D eigenvalue weighted by molar-refractivity contribution is -0.138. The van der Waals surface area contributed by atoms with Crippen LogP contribution in [0.5, 0.6) is 0 Å². The van der Waals surface area contributed by atoms with Gasteiger partial charge >= 0.3 is 0 Å². The molecular weight excluding hydrogens is 324 g/mol. The van der Waals surface area contributed by atoms with E-state index >= 15 is 0 Å². The second kappa shape index (κ2) is 5.24. The molecule has 1 aromatic rings. The Labute approximate surface area is 146 Å². The van der Waals surface area contributed by atoms with E-state index in [-0.39, 0.29) is 23.9 Å². The third-order valence-electron chi connectivity index (χ3n) is 6.78. The van der Waals surface area contributed by atoms with E-state index < -0.39 is 17.2 Å². The average molecular weight is 347 g/mol. The SMILES string of the molecule is NC1(C(=O)N2C[C@@H](c3cc(F)cc(F)c3)[C@@H]3[C@H]2C2CCN3CC2)CC1. The zero-order valence-electron chi connectivity index (χ0n) is 14.1. The molecule has 1 aromatic carbocycles. The third-order valence-corrected chi connectivity index (χ3v) is 6.78. The Kier molecular flexibility index (Phi) is 3.29. The monoisotopic (exact) mass is 347 g/mol. The van der Waals surface area contributed by atoms with E-state index in [1.54, 1.807) is 0 Å². The molecule has 5 fully saturated rings. The van der Waals surface area contributed by atoms with Crippen molar-refractivity contribution in [3.8, 4) is 0 Å². The maximum atomic E-state index is 13.8. The summed E-state index contributed by atoms with van der Waals surface area (Å²) >= 11 is 0. The number of halogens is 2. The molecule has 4 nitrogen and oxygen atoms in total. The van der Waals surface area contributed by atoms with E-state index in [2.05, 4.69) is 4.90 Å². The summed E-state index contributed by atoms with van der Waals surface area (Å²) in [4.78, 5) is 17.4. The first-order chi connectivity index (χ1) is 12.0. The van der Waals surface area contributed by atoms with E-state index in [0.29, 0.717) is 18.0 Å². The van der Waals surface area contributed by atoms with Gasteiger partial charge in [-0.15, -0.1) is 0 Å². The molecule has 2 bridgehead atoms. The van der Waals surface area contributed by atoms with Crippen molar-refractivity contribution in [3.05, 3.63) is 35.4 Å². The number of likely N-dealkylation sites (tertiary alicyclic amines) is 1.